The highest BCUT2D eigenvalue weighted by molar-refractivity contribution is 5.95. The smallest absolute Gasteiger partial charge is 0.260 e. The van der Waals surface area contributed by atoms with Crippen LogP contribution in [-0.2, 0) is 11.2 Å². The molecule has 0 bridgehead atoms. The van der Waals surface area contributed by atoms with Gasteiger partial charge in [0.25, 0.3) is 11.8 Å². The summed E-state index contributed by atoms with van der Waals surface area (Å²) in [7, 11) is 0. The van der Waals surface area contributed by atoms with Crippen LogP contribution in [0.3, 0.4) is 0 Å². The lowest BCUT2D eigenvalue weighted by Crippen LogP contribution is -2.33. The molecule has 1 heterocycles. The molecule has 3 rings (SSSR count). The monoisotopic (exact) mass is 374 g/mol. The highest BCUT2D eigenvalue weighted by Crippen LogP contribution is 2.23. The number of hydrogen-bond donors (Lipinski definition) is 1. The highest BCUT2D eigenvalue weighted by Gasteiger charge is 2.27. The minimum atomic E-state index is -0.624. The van der Waals surface area contributed by atoms with E-state index in [1.807, 2.05) is 0 Å². The fourth-order valence-electron chi connectivity index (χ4n) is 3.31. The van der Waals surface area contributed by atoms with Gasteiger partial charge in [0.15, 0.2) is 6.61 Å². The van der Waals surface area contributed by atoms with Crippen molar-refractivity contribution in [2.24, 2.45) is 11.7 Å². The molecule has 2 aromatic carbocycles. The molecule has 0 aromatic heterocycles. The summed E-state index contributed by atoms with van der Waals surface area (Å²) in [4.78, 5) is 25.4. The SMILES string of the molecule is NC(=O)c1ccccc1OCC(=O)N1CCC(Cc2cc(F)cc(F)c2)C1. The van der Waals surface area contributed by atoms with Gasteiger partial charge in [0.1, 0.15) is 17.4 Å². The van der Waals surface area contributed by atoms with E-state index in [4.69, 9.17) is 10.5 Å². The first kappa shape index (κ1) is 18.8. The molecule has 2 aromatic rings. The van der Waals surface area contributed by atoms with E-state index in [2.05, 4.69) is 0 Å². The van der Waals surface area contributed by atoms with Crippen LogP contribution in [0.25, 0.3) is 0 Å². The molecule has 0 radical (unpaired) electrons. The van der Waals surface area contributed by atoms with E-state index in [1.54, 1.807) is 23.1 Å². The number of primary amides is 1. The number of nitrogens with two attached hydrogens (primary N) is 1. The average Bonchev–Trinajstić information content (AvgIpc) is 3.07. The number of rotatable bonds is 6. The first-order valence-electron chi connectivity index (χ1n) is 8.67. The third-order valence-electron chi connectivity index (χ3n) is 4.59. The lowest BCUT2D eigenvalue weighted by Gasteiger charge is -2.17. The first-order valence-corrected chi connectivity index (χ1v) is 8.67. The number of hydrogen-bond acceptors (Lipinski definition) is 3. The van der Waals surface area contributed by atoms with Crippen LogP contribution < -0.4 is 10.5 Å². The van der Waals surface area contributed by atoms with E-state index >= 15 is 0 Å². The number of amides is 2. The molecule has 2 amide bonds. The molecule has 7 heteroatoms. The molecule has 2 N–H and O–H groups in total. The summed E-state index contributed by atoms with van der Waals surface area (Å²) in [5.74, 6) is -1.63. The number of para-hydroxylation sites is 1. The van der Waals surface area contributed by atoms with Gasteiger partial charge in [0.05, 0.1) is 5.56 Å². The normalized spacial score (nSPS) is 16.4. The van der Waals surface area contributed by atoms with Crippen molar-refractivity contribution < 1.29 is 23.1 Å². The Morgan fingerprint density at radius 2 is 1.85 bits per heavy atom. The molecular weight excluding hydrogens is 354 g/mol. The van der Waals surface area contributed by atoms with Crippen LogP contribution in [0, 0.1) is 17.6 Å². The minimum Gasteiger partial charge on any atom is -0.483 e. The Bertz CT molecular complexity index is 837. The largest absolute Gasteiger partial charge is 0.483 e. The molecule has 0 aliphatic carbocycles. The summed E-state index contributed by atoms with van der Waals surface area (Å²) in [6.07, 6.45) is 1.26. The maximum Gasteiger partial charge on any atom is 0.260 e. The highest BCUT2D eigenvalue weighted by atomic mass is 19.1. The summed E-state index contributed by atoms with van der Waals surface area (Å²) in [6, 6.07) is 9.94. The zero-order chi connectivity index (χ0) is 19.4. The number of benzene rings is 2. The van der Waals surface area contributed by atoms with Crippen molar-refractivity contribution in [3.8, 4) is 5.75 Å². The van der Waals surface area contributed by atoms with Gasteiger partial charge >= 0.3 is 0 Å². The molecule has 1 atom stereocenters. The van der Waals surface area contributed by atoms with Crippen molar-refractivity contribution >= 4 is 11.8 Å². The zero-order valence-corrected chi connectivity index (χ0v) is 14.7. The lowest BCUT2D eigenvalue weighted by atomic mass is 9.98. The van der Waals surface area contributed by atoms with Crippen molar-refractivity contribution in [2.45, 2.75) is 12.8 Å². The molecule has 0 spiro atoms. The molecule has 5 nitrogen and oxygen atoms in total. The van der Waals surface area contributed by atoms with Gasteiger partial charge in [0, 0.05) is 19.2 Å². The average molecular weight is 374 g/mol. The Kier molecular flexibility index (Phi) is 5.69. The molecule has 1 unspecified atom stereocenters. The quantitative estimate of drug-likeness (QED) is 0.845. The Morgan fingerprint density at radius 3 is 2.56 bits per heavy atom. The molecule has 1 fully saturated rings. The number of ether oxygens (including phenoxy) is 1. The number of nitrogens with zero attached hydrogens (tertiary/aromatic N) is 1. The van der Waals surface area contributed by atoms with Crippen LogP contribution in [0.2, 0.25) is 0 Å². The molecule has 1 saturated heterocycles. The second-order valence-electron chi connectivity index (χ2n) is 6.63. The molecular formula is C20H20F2N2O3. The van der Waals surface area contributed by atoms with Gasteiger partial charge in [-0.05, 0) is 48.6 Å². The van der Waals surface area contributed by atoms with E-state index in [0.717, 1.165) is 12.5 Å². The number of likely N-dealkylation sites (tertiary alicyclic amines) is 1. The summed E-state index contributed by atoms with van der Waals surface area (Å²) in [6.45, 7) is 0.853. The molecule has 27 heavy (non-hydrogen) atoms. The first-order chi connectivity index (χ1) is 12.9. The van der Waals surface area contributed by atoms with Crippen LogP contribution in [0.4, 0.5) is 8.78 Å². The van der Waals surface area contributed by atoms with Gasteiger partial charge in [0.2, 0.25) is 0 Å². The van der Waals surface area contributed by atoms with Crippen molar-refractivity contribution in [1.29, 1.82) is 0 Å². The van der Waals surface area contributed by atoms with E-state index in [9.17, 15) is 18.4 Å². The fourth-order valence-corrected chi connectivity index (χ4v) is 3.31. The van der Waals surface area contributed by atoms with Gasteiger partial charge in [-0.3, -0.25) is 9.59 Å². The summed E-state index contributed by atoms with van der Waals surface area (Å²) < 4.78 is 32.1. The topological polar surface area (TPSA) is 72.6 Å². The summed E-state index contributed by atoms with van der Waals surface area (Å²) in [5, 5.41) is 0. The fraction of sp³-hybridized carbons (Fsp3) is 0.300. The third-order valence-corrected chi connectivity index (χ3v) is 4.59. The van der Waals surface area contributed by atoms with Crippen LogP contribution in [0.1, 0.15) is 22.3 Å². The number of carbonyl (C=O) groups is 2. The number of halogens is 2. The van der Waals surface area contributed by atoms with Crippen LogP contribution in [0.5, 0.6) is 5.75 Å². The lowest BCUT2D eigenvalue weighted by molar-refractivity contribution is -0.132. The van der Waals surface area contributed by atoms with Crippen molar-refractivity contribution in [1.82, 2.24) is 4.90 Å². The van der Waals surface area contributed by atoms with Gasteiger partial charge < -0.3 is 15.4 Å². The molecule has 0 saturated carbocycles. The summed E-state index contributed by atoms with van der Waals surface area (Å²) in [5.41, 5.74) is 6.09. The maximum atomic E-state index is 13.3. The van der Waals surface area contributed by atoms with Crippen molar-refractivity contribution in [3.05, 3.63) is 65.2 Å². The van der Waals surface area contributed by atoms with E-state index < -0.39 is 17.5 Å². The van der Waals surface area contributed by atoms with Crippen LogP contribution in [0.15, 0.2) is 42.5 Å². The van der Waals surface area contributed by atoms with Crippen LogP contribution in [-0.4, -0.2) is 36.4 Å². The Hall–Kier alpha value is -2.96. The predicted molar refractivity (Wildman–Crippen MR) is 95.2 cm³/mol. The second-order valence-corrected chi connectivity index (χ2v) is 6.63. The third kappa shape index (κ3) is 4.81. The maximum absolute atomic E-state index is 13.3. The van der Waals surface area contributed by atoms with Gasteiger partial charge in [-0.1, -0.05) is 12.1 Å². The molecule has 142 valence electrons. The second kappa shape index (κ2) is 8.16. The molecule has 1 aliphatic heterocycles. The van der Waals surface area contributed by atoms with E-state index in [-0.39, 0.29) is 29.7 Å². The zero-order valence-electron chi connectivity index (χ0n) is 14.7. The Morgan fingerprint density at radius 1 is 1.15 bits per heavy atom. The van der Waals surface area contributed by atoms with Gasteiger partial charge in [-0.15, -0.1) is 0 Å². The standard InChI is InChI=1S/C20H20F2N2O3/c21-15-8-14(9-16(22)10-15)7-13-5-6-24(11-13)19(25)12-27-18-4-2-1-3-17(18)20(23)26/h1-4,8-10,13H,5-7,11-12H2,(H2,23,26). The van der Waals surface area contributed by atoms with E-state index in [0.29, 0.717) is 25.1 Å². The minimum absolute atomic E-state index is 0.132. The predicted octanol–water partition coefficient (Wildman–Crippen LogP) is 2.53. The van der Waals surface area contributed by atoms with Crippen LogP contribution >= 0.6 is 0 Å². The Labute approximate surface area is 155 Å². The molecule has 1 aliphatic rings. The summed E-state index contributed by atoms with van der Waals surface area (Å²) >= 11 is 0. The van der Waals surface area contributed by atoms with E-state index in [1.165, 1.54) is 18.2 Å². The number of carbonyl (C=O) groups excluding carboxylic acids is 2. The van der Waals surface area contributed by atoms with Crippen molar-refractivity contribution in [2.75, 3.05) is 19.7 Å². The Balaban J connectivity index is 1.54. The van der Waals surface area contributed by atoms with Gasteiger partial charge in [-0.2, -0.15) is 0 Å². The van der Waals surface area contributed by atoms with Crippen molar-refractivity contribution in [3.63, 3.8) is 0 Å². The van der Waals surface area contributed by atoms with Gasteiger partial charge in [-0.25, -0.2) is 8.78 Å².